The van der Waals surface area contributed by atoms with Crippen LogP contribution in [0.15, 0.2) is 24.3 Å². The van der Waals surface area contributed by atoms with E-state index < -0.39 is 36.5 Å². The van der Waals surface area contributed by atoms with Gasteiger partial charge in [-0.1, -0.05) is 13.3 Å². The van der Waals surface area contributed by atoms with Gasteiger partial charge >= 0.3 is 12.0 Å². The Morgan fingerprint density at radius 1 is 1.11 bits per heavy atom. The highest BCUT2D eigenvalue weighted by molar-refractivity contribution is 5.98. The molecule has 0 aliphatic heterocycles. The zero-order chi connectivity index (χ0) is 20.2. The van der Waals surface area contributed by atoms with Crippen molar-refractivity contribution in [1.82, 2.24) is 16.0 Å². The average molecular weight is 379 g/mol. The molecule has 4 amide bonds. The molecule has 0 fully saturated rings. The number of carbonyl (C=O) groups is 4. The number of urea groups is 1. The Morgan fingerprint density at radius 2 is 1.78 bits per heavy atom. The van der Waals surface area contributed by atoms with Crippen LogP contribution in [0.2, 0.25) is 0 Å². The van der Waals surface area contributed by atoms with Crippen molar-refractivity contribution in [3.05, 3.63) is 29.8 Å². The quantitative estimate of drug-likeness (QED) is 0.434. The van der Waals surface area contributed by atoms with Crippen molar-refractivity contribution in [3.63, 3.8) is 0 Å². The van der Waals surface area contributed by atoms with Gasteiger partial charge in [0.05, 0.1) is 6.61 Å². The third-order valence-corrected chi connectivity index (χ3v) is 3.42. The van der Waals surface area contributed by atoms with Gasteiger partial charge in [0.15, 0.2) is 6.10 Å². The van der Waals surface area contributed by atoms with E-state index in [0.29, 0.717) is 17.9 Å². The third kappa shape index (κ3) is 8.21. The first kappa shape index (κ1) is 21.9. The summed E-state index contributed by atoms with van der Waals surface area (Å²) in [5.41, 5.74) is 0.357. The lowest BCUT2D eigenvalue weighted by Gasteiger charge is -2.13. The van der Waals surface area contributed by atoms with E-state index in [0.717, 1.165) is 12.8 Å². The summed E-state index contributed by atoms with van der Waals surface area (Å²) in [7, 11) is 1.35. The van der Waals surface area contributed by atoms with Crippen LogP contribution in [0.25, 0.3) is 0 Å². The molecule has 1 aromatic rings. The van der Waals surface area contributed by atoms with Crippen molar-refractivity contribution in [2.45, 2.75) is 32.8 Å². The van der Waals surface area contributed by atoms with Gasteiger partial charge in [0.25, 0.3) is 11.8 Å². The van der Waals surface area contributed by atoms with Gasteiger partial charge in [-0.3, -0.25) is 19.7 Å². The molecule has 0 heterocycles. The van der Waals surface area contributed by atoms with E-state index in [9.17, 15) is 19.2 Å². The molecule has 27 heavy (non-hydrogen) atoms. The first-order chi connectivity index (χ1) is 12.9. The second kappa shape index (κ2) is 11.5. The molecule has 1 aromatic carbocycles. The van der Waals surface area contributed by atoms with Crippen LogP contribution in [0, 0.1) is 0 Å². The van der Waals surface area contributed by atoms with Crippen molar-refractivity contribution in [2.24, 2.45) is 0 Å². The Labute approximate surface area is 157 Å². The SMILES string of the molecule is CCCCOc1ccc(C(=O)NCC(=O)O[C@@H](C)C(=O)NC(=O)NC)cc1. The monoisotopic (exact) mass is 379 g/mol. The summed E-state index contributed by atoms with van der Waals surface area (Å²) in [4.78, 5) is 46.4. The zero-order valence-corrected chi connectivity index (χ0v) is 15.7. The normalized spacial score (nSPS) is 11.1. The molecule has 1 atom stereocenters. The van der Waals surface area contributed by atoms with Crippen LogP contribution >= 0.6 is 0 Å². The topological polar surface area (TPSA) is 123 Å². The van der Waals surface area contributed by atoms with Crippen LogP contribution in [0.1, 0.15) is 37.0 Å². The average Bonchev–Trinajstić information content (AvgIpc) is 2.66. The number of nitrogens with one attached hydrogen (secondary N) is 3. The Bertz CT molecular complexity index is 660. The van der Waals surface area contributed by atoms with E-state index in [1.54, 1.807) is 24.3 Å². The summed E-state index contributed by atoms with van der Waals surface area (Å²) in [5.74, 6) is -1.37. The van der Waals surface area contributed by atoms with Crippen LogP contribution in [0.3, 0.4) is 0 Å². The Hall–Kier alpha value is -3.10. The van der Waals surface area contributed by atoms with Gasteiger partial charge in [-0.25, -0.2) is 4.79 Å². The van der Waals surface area contributed by atoms with Crippen molar-refractivity contribution < 1.29 is 28.7 Å². The lowest BCUT2D eigenvalue weighted by Crippen LogP contribution is -2.44. The fourth-order valence-electron chi connectivity index (χ4n) is 1.86. The molecule has 0 spiro atoms. The van der Waals surface area contributed by atoms with E-state index in [2.05, 4.69) is 17.6 Å². The fourth-order valence-corrected chi connectivity index (χ4v) is 1.86. The predicted octanol–water partition coefficient (Wildman–Crippen LogP) is 0.983. The van der Waals surface area contributed by atoms with Gasteiger partial charge in [-0.15, -0.1) is 0 Å². The van der Waals surface area contributed by atoms with Crippen molar-refractivity contribution in [2.75, 3.05) is 20.2 Å². The lowest BCUT2D eigenvalue weighted by atomic mass is 10.2. The minimum Gasteiger partial charge on any atom is -0.494 e. The van der Waals surface area contributed by atoms with Crippen LogP contribution in [0.4, 0.5) is 4.79 Å². The number of hydrogen-bond acceptors (Lipinski definition) is 6. The lowest BCUT2D eigenvalue weighted by molar-refractivity contribution is -0.153. The number of esters is 1. The first-order valence-electron chi connectivity index (χ1n) is 8.60. The minimum absolute atomic E-state index is 0.357. The highest BCUT2D eigenvalue weighted by Gasteiger charge is 2.20. The van der Waals surface area contributed by atoms with Crippen LogP contribution < -0.4 is 20.7 Å². The van der Waals surface area contributed by atoms with Crippen molar-refractivity contribution >= 4 is 23.8 Å². The number of unbranched alkanes of at least 4 members (excludes halogenated alkanes) is 1. The Balaban J connectivity index is 2.41. The van der Waals surface area contributed by atoms with Crippen LogP contribution in [0.5, 0.6) is 5.75 Å². The number of imide groups is 1. The Kier molecular flexibility index (Phi) is 9.35. The molecule has 0 aromatic heterocycles. The summed E-state index contributed by atoms with van der Waals surface area (Å²) < 4.78 is 10.4. The van der Waals surface area contributed by atoms with Gasteiger partial charge in [0.2, 0.25) is 0 Å². The summed E-state index contributed by atoms with van der Waals surface area (Å²) >= 11 is 0. The molecule has 0 saturated carbocycles. The number of carbonyl (C=O) groups excluding carboxylic acids is 4. The zero-order valence-electron chi connectivity index (χ0n) is 15.7. The molecular formula is C18H25N3O6. The van der Waals surface area contributed by atoms with Crippen molar-refractivity contribution in [3.8, 4) is 5.75 Å². The molecule has 1 rings (SSSR count). The van der Waals surface area contributed by atoms with E-state index >= 15 is 0 Å². The van der Waals surface area contributed by atoms with Gasteiger partial charge in [-0.05, 0) is 37.6 Å². The minimum atomic E-state index is -1.17. The molecule has 3 N–H and O–H groups in total. The third-order valence-electron chi connectivity index (χ3n) is 3.42. The van der Waals surface area contributed by atoms with E-state index in [1.807, 2.05) is 5.32 Å². The second-order valence-electron chi connectivity index (χ2n) is 5.61. The summed E-state index contributed by atoms with van der Waals surface area (Å²) in [6.07, 6.45) is 0.804. The van der Waals surface area contributed by atoms with E-state index in [4.69, 9.17) is 9.47 Å². The molecule has 0 saturated heterocycles. The van der Waals surface area contributed by atoms with Gasteiger partial charge < -0.3 is 20.1 Å². The Morgan fingerprint density at radius 3 is 2.37 bits per heavy atom. The maximum absolute atomic E-state index is 12.0. The van der Waals surface area contributed by atoms with Gasteiger partial charge in [0.1, 0.15) is 12.3 Å². The van der Waals surface area contributed by atoms with E-state index in [1.165, 1.54) is 14.0 Å². The van der Waals surface area contributed by atoms with Crippen molar-refractivity contribution in [1.29, 1.82) is 0 Å². The summed E-state index contributed by atoms with van der Waals surface area (Å²) in [6, 6.07) is 5.81. The molecule has 0 radical (unpaired) electrons. The molecule has 9 nitrogen and oxygen atoms in total. The molecule has 0 bridgehead atoms. The molecule has 148 valence electrons. The van der Waals surface area contributed by atoms with Crippen LogP contribution in [-0.4, -0.2) is 50.1 Å². The predicted molar refractivity (Wildman–Crippen MR) is 97.3 cm³/mol. The molecular weight excluding hydrogens is 354 g/mol. The molecule has 0 aliphatic rings. The summed E-state index contributed by atoms with van der Waals surface area (Å²) in [6.45, 7) is 3.58. The number of ether oxygens (including phenoxy) is 2. The fraction of sp³-hybridized carbons (Fsp3) is 0.444. The largest absolute Gasteiger partial charge is 0.494 e. The second-order valence-corrected chi connectivity index (χ2v) is 5.61. The number of benzene rings is 1. The standard InChI is InChI=1S/C18H25N3O6/c1-4-5-10-26-14-8-6-13(7-9-14)17(24)20-11-15(22)27-12(2)16(23)21-18(25)19-3/h6-9,12H,4-5,10-11H2,1-3H3,(H,20,24)(H2,19,21,23,25)/t12-/m0/s1. The highest BCUT2D eigenvalue weighted by Crippen LogP contribution is 2.12. The number of rotatable bonds is 9. The number of amides is 4. The number of hydrogen-bond donors (Lipinski definition) is 3. The molecule has 0 aliphatic carbocycles. The van der Waals surface area contributed by atoms with Gasteiger partial charge in [-0.2, -0.15) is 0 Å². The molecule has 0 unspecified atom stereocenters. The summed E-state index contributed by atoms with van der Waals surface area (Å²) in [5, 5.41) is 6.59. The maximum Gasteiger partial charge on any atom is 0.326 e. The maximum atomic E-state index is 12.0. The van der Waals surface area contributed by atoms with Crippen LogP contribution in [-0.2, 0) is 14.3 Å². The smallest absolute Gasteiger partial charge is 0.326 e. The van der Waals surface area contributed by atoms with Gasteiger partial charge in [0, 0.05) is 12.6 Å². The molecule has 9 heteroatoms. The van der Waals surface area contributed by atoms with E-state index in [-0.39, 0.29) is 0 Å². The first-order valence-corrected chi connectivity index (χ1v) is 8.60. The highest BCUT2D eigenvalue weighted by atomic mass is 16.5.